The summed E-state index contributed by atoms with van der Waals surface area (Å²) in [5, 5.41) is 3.63. The molecule has 4 rings (SSSR count). The molecule has 1 aliphatic rings. The van der Waals surface area contributed by atoms with Gasteiger partial charge in [0.1, 0.15) is 6.61 Å². The van der Waals surface area contributed by atoms with Crippen molar-refractivity contribution >= 4 is 6.09 Å². The van der Waals surface area contributed by atoms with Gasteiger partial charge in [0.05, 0.1) is 0 Å². The smallest absolute Gasteiger partial charge is 0.410 e. The molecule has 1 N–H and O–H groups in total. The third kappa shape index (κ3) is 4.84. The average Bonchev–Trinajstić information content (AvgIpc) is 2.80. The summed E-state index contributed by atoms with van der Waals surface area (Å²) in [6.45, 7) is 2.32. The Morgan fingerprint density at radius 2 is 1.45 bits per heavy atom. The number of nitrogens with one attached hydrogen (secondary N) is 1. The zero-order valence-corrected chi connectivity index (χ0v) is 16.4. The molecule has 3 aromatic rings. The van der Waals surface area contributed by atoms with Gasteiger partial charge >= 0.3 is 6.09 Å². The number of carbonyl (C=O) groups is 1. The maximum Gasteiger partial charge on any atom is 0.410 e. The summed E-state index contributed by atoms with van der Waals surface area (Å²) < 4.78 is 5.57. The number of benzene rings is 3. The molecule has 3 aromatic carbocycles. The second kappa shape index (κ2) is 9.39. The molecular formula is C25H26N2O2. The second-order valence-corrected chi connectivity index (χ2v) is 7.35. The quantitative estimate of drug-likeness (QED) is 0.705. The molecule has 4 heteroatoms. The zero-order valence-electron chi connectivity index (χ0n) is 16.4. The van der Waals surface area contributed by atoms with E-state index in [2.05, 4.69) is 53.8 Å². The Morgan fingerprint density at radius 3 is 2.03 bits per heavy atom. The van der Waals surface area contributed by atoms with Crippen LogP contribution in [0.2, 0.25) is 0 Å². The van der Waals surface area contributed by atoms with Crippen LogP contribution in [0.25, 0.3) is 0 Å². The fourth-order valence-electron chi connectivity index (χ4n) is 3.96. The standard InChI is InChI=1S/C25H26N2O2/c28-25(29-19-20-10-4-1-5-11-20)27-17-16-26-23(18-27)24(21-12-6-2-7-13-21)22-14-8-3-9-15-22/h1-15,23-24,26H,16-19H2/t23-/m0/s1. The lowest BCUT2D eigenvalue weighted by atomic mass is 9.84. The summed E-state index contributed by atoms with van der Waals surface area (Å²) >= 11 is 0. The third-order valence-corrected chi connectivity index (χ3v) is 5.39. The molecule has 4 nitrogen and oxygen atoms in total. The number of ether oxygens (including phenoxy) is 1. The first kappa shape index (κ1) is 19.2. The number of hydrogen-bond donors (Lipinski definition) is 1. The van der Waals surface area contributed by atoms with Gasteiger partial charge in [-0.2, -0.15) is 0 Å². The molecule has 1 amide bonds. The van der Waals surface area contributed by atoms with Crippen LogP contribution < -0.4 is 5.32 Å². The summed E-state index contributed by atoms with van der Waals surface area (Å²) in [4.78, 5) is 14.5. The van der Waals surface area contributed by atoms with Crippen LogP contribution in [-0.2, 0) is 11.3 Å². The molecule has 29 heavy (non-hydrogen) atoms. The van der Waals surface area contributed by atoms with Gasteiger partial charge in [-0.15, -0.1) is 0 Å². The van der Waals surface area contributed by atoms with Crippen LogP contribution in [0.15, 0.2) is 91.0 Å². The average molecular weight is 386 g/mol. The monoisotopic (exact) mass is 386 g/mol. The fourth-order valence-corrected chi connectivity index (χ4v) is 3.96. The number of piperazine rings is 1. The molecule has 0 bridgehead atoms. The molecule has 1 atom stereocenters. The highest BCUT2D eigenvalue weighted by atomic mass is 16.6. The van der Waals surface area contributed by atoms with E-state index in [0.29, 0.717) is 19.7 Å². The van der Waals surface area contributed by atoms with Crippen LogP contribution in [0.3, 0.4) is 0 Å². The third-order valence-electron chi connectivity index (χ3n) is 5.39. The molecule has 1 aliphatic heterocycles. The van der Waals surface area contributed by atoms with Crippen LogP contribution in [0.4, 0.5) is 4.79 Å². The lowest BCUT2D eigenvalue weighted by molar-refractivity contribution is 0.0836. The van der Waals surface area contributed by atoms with E-state index in [-0.39, 0.29) is 18.1 Å². The van der Waals surface area contributed by atoms with Crippen molar-refractivity contribution in [1.29, 1.82) is 0 Å². The highest BCUT2D eigenvalue weighted by Gasteiger charge is 2.31. The van der Waals surface area contributed by atoms with Gasteiger partial charge in [-0.25, -0.2) is 4.79 Å². The van der Waals surface area contributed by atoms with Gasteiger partial charge in [-0.1, -0.05) is 91.0 Å². The Bertz CT molecular complexity index is 860. The van der Waals surface area contributed by atoms with Gasteiger partial charge < -0.3 is 15.0 Å². The maximum atomic E-state index is 12.7. The summed E-state index contributed by atoms with van der Waals surface area (Å²) in [7, 11) is 0. The van der Waals surface area contributed by atoms with Crippen molar-refractivity contribution in [2.45, 2.75) is 18.6 Å². The maximum absolute atomic E-state index is 12.7. The highest BCUT2D eigenvalue weighted by Crippen LogP contribution is 2.29. The molecule has 0 unspecified atom stereocenters. The van der Waals surface area contributed by atoms with Gasteiger partial charge in [0.25, 0.3) is 0 Å². The van der Waals surface area contributed by atoms with E-state index in [4.69, 9.17) is 4.74 Å². The Morgan fingerprint density at radius 1 is 0.897 bits per heavy atom. The lowest BCUT2D eigenvalue weighted by Gasteiger charge is -2.37. The predicted octanol–water partition coefficient (Wildman–Crippen LogP) is 4.43. The zero-order chi connectivity index (χ0) is 19.9. The topological polar surface area (TPSA) is 41.6 Å². The number of carbonyl (C=O) groups excluding carboxylic acids is 1. The SMILES string of the molecule is O=C(OCc1ccccc1)N1CCN[C@H](C(c2ccccc2)c2ccccc2)C1. The van der Waals surface area contributed by atoms with Gasteiger partial charge in [-0.3, -0.25) is 0 Å². The Hall–Kier alpha value is -3.11. The first-order valence-electron chi connectivity index (χ1n) is 10.1. The van der Waals surface area contributed by atoms with Crippen molar-refractivity contribution in [3.05, 3.63) is 108 Å². The van der Waals surface area contributed by atoms with E-state index < -0.39 is 0 Å². The van der Waals surface area contributed by atoms with E-state index in [9.17, 15) is 4.79 Å². The van der Waals surface area contributed by atoms with E-state index in [1.165, 1.54) is 11.1 Å². The molecule has 0 aromatic heterocycles. The largest absolute Gasteiger partial charge is 0.445 e. The molecule has 0 radical (unpaired) electrons. The van der Waals surface area contributed by atoms with Gasteiger partial charge in [0, 0.05) is 31.6 Å². The van der Waals surface area contributed by atoms with Crippen LogP contribution in [0, 0.1) is 0 Å². The highest BCUT2D eigenvalue weighted by molar-refractivity contribution is 5.68. The number of nitrogens with zero attached hydrogens (tertiary/aromatic N) is 1. The molecule has 1 saturated heterocycles. The Labute approximate surface area is 172 Å². The molecule has 0 aliphatic carbocycles. The molecule has 1 fully saturated rings. The van der Waals surface area contributed by atoms with Crippen molar-refractivity contribution in [2.24, 2.45) is 0 Å². The van der Waals surface area contributed by atoms with Gasteiger partial charge in [0.15, 0.2) is 0 Å². The van der Waals surface area contributed by atoms with Crippen LogP contribution >= 0.6 is 0 Å². The number of hydrogen-bond acceptors (Lipinski definition) is 3. The van der Waals surface area contributed by atoms with E-state index in [1.54, 1.807) is 0 Å². The Balaban J connectivity index is 1.48. The van der Waals surface area contributed by atoms with E-state index in [0.717, 1.165) is 12.1 Å². The van der Waals surface area contributed by atoms with Crippen molar-refractivity contribution in [3.63, 3.8) is 0 Å². The molecule has 0 saturated carbocycles. The van der Waals surface area contributed by atoms with Gasteiger partial charge in [-0.05, 0) is 16.7 Å². The predicted molar refractivity (Wildman–Crippen MR) is 115 cm³/mol. The summed E-state index contributed by atoms with van der Waals surface area (Å²) in [6.07, 6.45) is -0.250. The van der Waals surface area contributed by atoms with Crippen LogP contribution in [-0.4, -0.2) is 36.7 Å². The minimum Gasteiger partial charge on any atom is -0.445 e. The normalized spacial score (nSPS) is 16.6. The number of amides is 1. The van der Waals surface area contributed by atoms with Crippen LogP contribution in [0.5, 0.6) is 0 Å². The van der Waals surface area contributed by atoms with E-state index in [1.807, 2.05) is 47.4 Å². The minimum absolute atomic E-state index is 0.123. The van der Waals surface area contributed by atoms with Crippen molar-refractivity contribution in [3.8, 4) is 0 Å². The number of rotatable bonds is 5. The summed E-state index contributed by atoms with van der Waals surface area (Å²) in [5.74, 6) is 0.169. The molecule has 0 spiro atoms. The molecular weight excluding hydrogens is 360 g/mol. The summed E-state index contributed by atoms with van der Waals surface area (Å²) in [5.41, 5.74) is 3.49. The first-order valence-corrected chi connectivity index (χ1v) is 10.1. The Kier molecular flexibility index (Phi) is 6.22. The van der Waals surface area contributed by atoms with E-state index >= 15 is 0 Å². The van der Waals surface area contributed by atoms with Crippen molar-refractivity contribution < 1.29 is 9.53 Å². The van der Waals surface area contributed by atoms with Gasteiger partial charge in [0.2, 0.25) is 0 Å². The first-order chi connectivity index (χ1) is 14.3. The van der Waals surface area contributed by atoms with Crippen LogP contribution in [0.1, 0.15) is 22.6 Å². The lowest BCUT2D eigenvalue weighted by Crippen LogP contribution is -2.55. The minimum atomic E-state index is -0.250. The molecule has 148 valence electrons. The van der Waals surface area contributed by atoms with Crippen molar-refractivity contribution in [2.75, 3.05) is 19.6 Å². The molecule has 1 heterocycles. The summed E-state index contributed by atoms with van der Waals surface area (Å²) in [6, 6.07) is 30.9. The fraction of sp³-hybridized carbons (Fsp3) is 0.240. The second-order valence-electron chi connectivity index (χ2n) is 7.35. The van der Waals surface area contributed by atoms with Crippen molar-refractivity contribution in [1.82, 2.24) is 10.2 Å².